The highest BCUT2D eigenvalue weighted by Gasteiger charge is 2.28. The lowest BCUT2D eigenvalue weighted by Gasteiger charge is -2.25. The summed E-state index contributed by atoms with van der Waals surface area (Å²) in [6.07, 6.45) is 0.554. The van der Waals surface area contributed by atoms with Gasteiger partial charge in [-0.05, 0) is 18.9 Å². The van der Waals surface area contributed by atoms with Gasteiger partial charge in [-0.25, -0.2) is 0 Å². The largest absolute Gasteiger partial charge is 0.303 e. The summed E-state index contributed by atoms with van der Waals surface area (Å²) in [5, 5.41) is 9.59. The fourth-order valence-corrected chi connectivity index (χ4v) is 1.28. The van der Waals surface area contributed by atoms with E-state index < -0.39 is 10.7 Å². The van der Waals surface area contributed by atoms with Crippen molar-refractivity contribution in [1.29, 1.82) is 0 Å². The van der Waals surface area contributed by atoms with Crippen LogP contribution in [0, 0.1) is 10.1 Å². The minimum Gasteiger partial charge on any atom is -0.303 e. The molecule has 0 aromatic heterocycles. The van der Waals surface area contributed by atoms with E-state index in [4.69, 9.17) is 4.84 Å². The Kier molecular flexibility index (Phi) is 3.06. The predicted octanol–water partition coefficient (Wildman–Crippen LogP) is 2.52. The van der Waals surface area contributed by atoms with Crippen molar-refractivity contribution in [1.82, 2.24) is 0 Å². The molecule has 0 radical (unpaired) electrons. The number of hydrogen-bond donors (Lipinski definition) is 0. The molecule has 1 aromatic rings. The maximum atomic E-state index is 10.3. The zero-order valence-electron chi connectivity index (χ0n) is 8.27. The average molecular weight is 195 g/mol. The Morgan fingerprint density at radius 3 is 2.43 bits per heavy atom. The van der Waals surface area contributed by atoms with Crippen molar-refractivity contribution >= 4 is 0 Å². The quantitative estimate of drug-likeness (QED) is 0.548. The maximum Gasteiger partial charge on any atom is 0.295 e. The Bertz CT molecular complexity index is 312. The molecular weight excluding hydrogens is 182 g/mol. The van der Waals surface area contributed by atoms with Crippen LogP contribution in [-0.4, -0.2) is 5.09 Å². The van der Waals surface area contributed by atoms with Gasteiger partial charge in [0.2, 0.25) is 0 Å². The predicted molar refractivity (Wildman–Crippen MR) is 52.2 cm³/mol. The Labute approximate surface area is 82.6 Å². The van der Waals surface area contributed by atoms with Crippen LogP contribution in [0.2, 0.25) is 0 Å². The molecule has 1 rings (SSSR count). The summed E-state index contributed by atoms with van der Waals surface area (Å²) in [7, 11) is 0. The van der Waals surface area contributed by atoms with Crippen LogP contribution in [0.4, 0.5) is 0 Å². The summed E-state index contributed by atoms with van der Waals surface area (Å²) >= 11 is 0. The van der Waals surface area contributed by atoms with Crippen molar-refractivity contribution in [3.63, 3.8) is 0 Å². The lowest BCUT2D eigenvalue weighted by molar-refractivity contribution is -0.783. The molecule has 1 atom stereocenters. The monoisotopic (exact) mass is 195 g/mol. The normalized spacial score (nSPS) is 14.4. The highest BCUT2D eigenvalue weighted by atomic mass is 17.0. The van der Waals surface area contributed by atoms with Crippen LogP contribution in [-0.2, 0) is 10.4 Å². The van der Waals surface area contributed by atoms with E-state index in [0.717, 1.165) is 5.56 Å². The molecule has 0 aliphatic rings. The molecule has 1 aromatic carbocycles. The second kappa shape index (κ2) is 4.09. The molecule has 0 saturated heterocycles. The topological polar surface area (TPSA) is 52.4 Å². The van der Waals surface area contributed by atoms with E-state index in [2.05, 4.69) is 0 Å². The third-order valence-electron chi connectivity index (χ3n) is 2.34. The van der Waals surface area contributed by atoms with Gasteiger partial charge in [0.05, 0.1) is 0 Å². The highest BCUT2D eigenvalue weighted by Crippen LogP contribution is 2.28. The van der Waals surface area contributed by atoms with Crippen LogP contribution in [0.15, 0.2) is 30.3 Å². The zero-order chi connectivity index (χ0) is 10.6. The Balaban J connectivity index is 2.95. The van der Waals surface area contributed by atoms with Crippen molar-refractivity contribution in [2.45, 2.75) is 25.9 Å². The van der Waals surface area contributed by atoms with Crippen LogP contribution in [0.3, 0.4) is 0 Å². The molecule has 0 aliphatic heterocycles. The summed E-state index contributed by atoms with van der Waals surface area (Å²) in [6.45, 7) is 3.57. The molecular formula is C10H13NO3. The van der Waals surface area contributed by atoms with Crippen molar-refractivity contribution in [2.24, 2.45) is 0 Å². The summed E-state index contributed by atoms with van der Waals surface area (Å²) < 4.78 is 0. The van der Waals surface area contributed by atoms with Crippen molar-refractivity contribution < 1.29 is 9.92 Å². The van der Waals surface area contributed by atoms with Crippen LogP contribution in [0.25, 0.3) is 0 Å². The standard InChI is InChI=1S/C10H13NO3/c1-3-10(2,14-11(12)13)9-7-5-4-6-8-9/h4-8H,3H2,1-2H3. The molecule has 0 heterocycles. The zero-order valence-corrected chi connectivity index (χ0v) is 8.27. The number of nitrogens with zero attached hydrogens (tertiary/aromatic N) is 1. The Morgan fingerprint density at radius 1 is 1.43 bits per heavy atom. The average Bonchev–Trinajstić information content (AvgIpc) is 2.18. The fraction of sp³-hybridized carbons (Fsp3) is 0.400. The lowest BCUT2D eigenvalue weighted by atomic mass is 9.93. The summed E-state index contributed by atoms with van der Waals surface area (Å²) in [4.78, 5) is 15.0. The first-order valence-electron chi connectivity index (χ1n) is 4.47. The van der Waals surface area contributed by atoms with Gasteiger partial charge in [-0.1, -0.05) is 37.3 Å². The summed E-state index contributed by atoms with van der Waals surface area (Å²) in [5.41, 5.74) is -0.0238. The van der Waals surface area contributed by atoms with Crippen LogP contribution in [0.5, 0.6) is 0 Å². The van der Waals surface area contributed by atoms with E-state index >= 15 is 0 Å². The second-order valence-electron chi connectivity index (χ2n) is 3.27. The van der Waals surface area contributed by atoms with Gasteiger partial charge in [0.15, 0.2) is 0 Å². The Hall–Kier alpha value is -1.58. The van der Waals surface area contributed by atoms with Gasteiger partial charge >= 0.3 is 0 Å². The van der Waals surface area contributed by atoms with Crippen LogP contribution < -0.4 is 0 Å². The van der Waals surface area contributed by atoms with E-state index in [1.54, 1.807) is 6.92 Å². The molecule has 76 valence electrons. The minimum atomic E-state index is -0.842. The van der Waals surface area contributed by atoms with Gasteiger partial charge in [-0.3, -0.25) is 0 Å². The van der Waals surface area contributed by atoms with Crippen LogP contribution in [0.1, 0.15) is 25.8 Å². The Morgan fingerprint density at radius 2 is 2.00 bits per heavy atom. The molecule has 1 unspecified atom stereocenters. The van der Waals surface area contributed by atoms with E-state index in [0.29, 0.717) is 6.42 Å². The van der Waals surface area contributed by atoms with Crippen molar-refractivity contribution in [2.75, 3.05) is 0 Å². The number of hydrogen-bond acceptors (Lipinski definition) is 3. The molecule has 14 heavy (non-hydrogen) atoms. The molecule has 0 N–H and O–H groups in total. The molecule has 0 amide bonds. The van der Waals surface area contributed by atoms with Gasteiger partial charge in [-0.2, -0.15) is 0 Å². The van der Waals surface area contributed by atoms with E-state index in [1.165, 1.54) is 0 Å². The molecule has 0 fully saturated rings. The molecule has 0 bridgehead atoms. The smallest absolute Gasteiger partial charge is 0.295 e. The second-order valence-corrected chi connectivity index (χ2v) is 3.27. The molecule has 0 aliphatic carbocycles. The van der Waals surface area contributed by atoms with Crippen LogP contribution >= 0.6 is 0 Å². The molecule has 4 nitrogen and oxygen atoms in total. The summed E-state index contributed by atoms with van der Waals surface area (Å²) in [6, 6.07) is 9.20. The van der Waals surface area contributed by atoms with Gasteiger partial charge in [0, 0.05) is 0 Å². The van der Waals surface area contributed by atoms with Gasteiger partial charge < -0.3 is 4.84 Å². The first kappa shape index (κ1) is 10.5. The maximum absolute atomic E-state index is 10.3. The van der Waals surface area contributed by atoms with Gasteiger partial charge in [0.1, 0.15) is 5.60 Å². The molecule has 0 spiro atoms. The first-order valence-corrected chi connectivity index (χ1v) is 4.47. The fourth-order valence-electron chi connectivity index (χ4n) is 1.28. The van der Waals surface area contributed by atoms with Gasteiger partial charge in [0.25, 0.3) is 5.09 Å². The number of benzene rings is 1. The van der Waals surface area contributed by atoms with Crippen molar-refractivity contribution in [3.05, 3.63) is 46.0 Å². The van der Waals surface area contributed by atoms with Crippen molar-refractivity contribution in [3.8, 4) is 0 Å². The SMILES string of the molecule is CCC(C)(O[N+](=O)[O-])c1ccccc1. The third-order valence-corrected chi connectivity index (χ3v) is 2.34. The van der Waals surface area contributed by atoms with E-state index in [9.17, 15) is 10.1 Å². The lowest BCUT2D eigenvalue weighted by Crippen LogP contribution is -2.27. The van der Waals surface area contributed by atoms with E-state index in [-0.39, 0.29) is 0 Å². The molecule has 0 saturated carbocycles. The first-order chi connectivity index (χ1) is 6.58. The van der Waals surface area contributed by atoms with Gasteiger partial charge in [-0.15, -0.1) is 10.1 Å². The summed E-state index contributed by atoms with van der Waals surface area (Å²) in [5.74, 6) is 0. The minimum absolute atomic E-state index is 0.554. The highest BCUT2D eigenvalue weighted by molar-refractivity contribution is 5.21. The van der Waals surface area contributed by atoms with E-state index in [1.807, 2.05) is 37.3 Å². The third kappa shape index (κ3) is 2.22. The molecule has 4 heteroatoms. The number of rotatable bonds is 4.